The Morgan fingerprint density at radius 2 is 1.20 bits per heavy atom. The second kappa shape index (κ2) is 10.3. The van der Waals surface area contributed by atoms with E-state index in [9.17, 15) is 48.3 Å². The summed E-state index contributed by atoms with van der Waals surface area (Å²) in [6.07, 6.45) is -11.6. The molecule has 0 amide bonds. The molecule has 10 N–H and O–H groups in total. The molecule has 1 saturated carbocycles. The van der Waals surface area contributed by atoms with Crippen LogP contribution in [0.2, 0.25) is 0 Å². The number of ether oxygens (including phenoxy) is 1. The lowest BCUT2D eigenvalue weighted by Gasteiger charge is -2.43. The van der Waals surface area contributed by atoms with Gasteiger partial charge in [0.2, 0.25) is 0 Å². The van der Waals surface area contributed by atoms with E-state index in [2.05, 4.69) is 18.1 Å². The van der Waals surface area contributed by atoms with Crippen LogP contribution in [0.4, 0.5) is 0 Å². The molecule has 30 heavy (non-hydrogen) atoms. The van der Waals surface area contributed by atoms with E-state index < -0.39 is 75.0 Å². The molecule has 4 unspecified atom stereocenters. The van der Waals surface area contributed by atoms with E-state index in [1.165, 1.54) is 13.8 Å². The van der Waals surface area contributed by atoms with Gasteiger partial charge in [-0.2, -0.15) is 29.4 Å². The topological polar surface area (TPSA) is 283 Å². The maximum Gasteiger partial charge on any atom is 0.567 e. The highest BCUT2D eigenvalue weighted by Gasteiger charge is 2.60. The van der Waals surface area contributed by atoms with E-state index in [0.717, 1.165) is 0 Å². The maximum atomic E-state index is 11.4. The lowest BCUT2D eigenvalue weighted by molar-refractivity contribution is -0.192. The molecule has 1 aliphatic rings. The number of rotatable bonds is 10. The van der Waals surface area contributed by atoms with E-state index >= 15 is 0 Å². The first-order valence-corrected chi connectivity index (χ1v) is 14.0. The molecule has 0 saturated heterocycles. The van der Waals surface area contributed by atoms with E-state index in [1.54, 1.807) is 0 Å². The summed E-state index contributed by atoms with van der Waals surface area (Å²) < 4.78 is 46.1. The van der Waals surface area contributed by atoms with E-state index in [4.69, 9.17) is 14.5 Å². The summed E-state index contributed by atoms with van der Waals surface area (Å²) in [5.74, 6) is 0. The average Bonchev–Trinajstić information content (AvgIpc) is 2.40. The van der Waals surface area contributed by atoms with Gasteiger partial charge in [0.25, 0.3) is 0 Å². The lowest BCUT2D eigenvalue weighted by Crippen LogP contribution is -2.59. The first-order chi connectivity index (χ1) is 13.2. The third-order valence-corrected chi connectivity index (χ3v) is 5.49. The molecule has 1 aliphatic carbocycles. The van der Waals surface area contributed by atoms with Gasteiger partial charge in [-0.1, -0.05) is 0 Å². The lowest BCUT2D eigenvalue weighted by atomic mass is 9.87. The zero-order chi connectivity index (χ0) is 23.7. The fraction of sp³-hybridized carbons (Fsp3) is 1.00. The van der Waals surface area contributed by atoms with Crippen LogP contribution < -0.4 is 0 Å². The Morgan fingerprint density at radius 3 is 1.57 bits per heavy atom. The average molecular weight is 528 g/mol. The molecule has 0 aromatic rings. The van der Waals surface area contributed by atoms with E-state index in [0.29, 0.717) is 0 Å². The minimum absolute atomic E-state index is 0.782. The van der Waals surface area contributed by atoms with Gasteiger partial charge >= 0.3 is 32.0 Å². The van der Waals surface area contributed by atoms with Gasteiger partial charge in [0.05, 0.1) is 6.10 Å². The fourth-order valence-corrected chi connectivity index (χ4v) is 4.99. The van der Waals surface area contributed by atoms with Crippen LogP contribution in [0.15, 0.2) is 0 Å². The van der Waals surface area contributed by atoms with Gasteiger partial charge in [0.1, 0.15) is 24.4 Å². The Morgan fingerprint density at radius 1 is 0.733 bits per heavy atom. The summed E-state index contributed by atoms with van der Waals surface area (Å²) in [4.78, 5) is 91.9. The second-order valence-corrected chi connectivity index (χ2v) is 11.2. The smallest absolute Gasteiger partial charge is 0.370 e. The van der Waals surface area contributed by atoms with Crippen LogP contribution >= 0.6 is 32.0 Å². The summed E-state index contributed by atoms with van der Waals surface area (Å²) in [5.41, 5.74) is 0. The van der Waals surface area contributed by atoms with Crippen LogP contribution in [0.1, 0.15) is 20.3 Å². The van der Waals surface area contributed by atoms with Gasteiger partial charge < -0.3 is 24.3 Å². The monoisotopic (exact) mass is 528 g/mol. The normalized spacial score (nSPS) is 29.4. The number of phosphoric acid groups is 2. The van der Waals surface area contributed by atoms with Crippen molar-refractivity contribution in [3.8, 4) is 0 Å². The Bertz CT molecular complexity index is 647. The first-order valence-electron chi connectivity index (χ1n) is 7.81. The van der Waals surface area contributed by atoms with Crippen molar-refractivity contribution in [2.45, 2.75) is 56.9 Å². The molecular formula is C9H24O17P4+2. The third kappa shape index (κ3) is 11.0. The Labute approximate surface area is 170 Å². The van der Waals surface area contributed by atoms with Crippen molar-refractivity contribution in [1.29, 1.82) is 0 Å². The molecule has 0 spiro atoms. The summed E-state index contributed by atoms with van der Waals surface area (Å²) >= 11 is 0. The van der Waals surface area contributed by atoms with E-state index in [-0.39, 0.29) is 0 Å². The van der Waals surface area contributed by atoms with Gasteiger partial charge in [-0.25, -0.2) is 9.13 Å². The van der Waals surface area contributed by atoms with Gasteiger partial charge in [-0.3, -0.25) is 9.05 Å². The van der Waals surface area contributed by atoms with Crippen molar-refractivity contribution in [3.63, 3.8) is 0 Å². The number of phosphoric ester groups is 2. The highest BCUT2D eigenvalue weighted by molar-refractivity contribution is 7.53. The van der Waals surface area contributed by atoms with Crippen molar-refractivity contribution in [2.75, 3.05) is 0 Å². The minimum atomic E-state index is -5.45. The second-order valence-electron chi connectivity index (χ2n) is 6.32. The molecular weight excluding hydrogens is 504 g/mol. The van der Waals surface area contributed by atoms with Crippen molar-refractivity contribution >= 4 is 32.0 Å². The molecule has 1 rings (SSSR count). The van der Waals surface area contributed by atoms with Crippen LogP contribution in [0.3, 0.4) is 0 Å². The largest absolute Gasteiger partial charge is 0.567 e. The molecule has 1 fully saturated rings. The van der Waals surface area contributed by atoms with Crippen molar-refractivity contribution < 1.29 is 80.9 Å². The third-order valence-electron chi connectivity index (χ3n) is 3.35. The molecule has 0 aromatic carbocycles. The van der Waals surface area contributed by atoms with Crippen LogP contribution in [0.25, 0.3) is 0 Å². The summed E-state index contributed by atoms with van der Waals surface area (Å²) in [6, 6.07) is 0. The number of hydrogen-bond acceptors (Lipinski definition) is 13. The molecule has 0 heterocycles. The fourth-order valence-electron chi connectivity index (χ4n) is 2.72. The predicted octanol–water partition coefficient (Wildman–Crippen LogP) is -1.78. The molecule has 180 valence electrons. The van der Waals surface area contributed by atoms with Crippen molar-refractivity contribution in [1.82, 2.24) is 0 Å². The number of hydrogen-bond donors (Lipinski definition) is 10. The SMILES string of the molecule is CC(C)O[C@H]1C(OP(=O)(O)O)CC(O[P+](O)(O)O)C(O[P+](O)(O)O)C1OP(=O)(O)O. The predicted molar refractivity (Wildman–Crippen MR) is 95.4 cm³/mol. The standard InChI is InChI=1S/C9H22O17P4/c1-4(2)22-7-5(23-27(10,11)12)3-6(24-28(13,14)15)8(25-29(16,17)18)9(7)26-30(19,20)21/h4-9,13-18H,3H2,1-2H3,(H2-2,10,11,12,19,20,21)/p+2/t5?,6?,7-,8?,9?/m0/s1. The van der Waals surface area contributed by atoms with Gasteiger partial charge in [-0.05, 0) is 13.8 Å². The van der Waals surface area contributed by atoms with Gasteiger partial charge in [-0.15, -0.1) is 9.05 Å². The Hall–Kier alpha value is 0.720. The zero-order valence-corrected chi connectivity index (χ0v) is 18.9. The molecule has 0 bridgehead atoms. The summed E-state index contributed by atoms with van der Waals surface area (Å²) in [5, 5.41) is 0. The van der Waals surface area contributed by atoms with Crippen molar-refractivity contribution in [2.24, 2.45) is 0 Å². The Balaban J connectivity index is 3.51. The molecule has 0 radical (unpaired) electrons. The minimum Gasteiger partial charge on any atom is -0.370 e. The zero-order valence-electron chi connectivity index (χ0n) is 15.3. The van der Waals surface area contributed by atoms with Gasteiger partial charge in [0.15, 0.2) is 6.10 Å². The van der Waals surface area contributed by atoms with E-state index in [1.807, 2.05) is 0 Å². The van der Waals surface area contributed by atoms with Crippen LogP contribution in [-0.4, -0.2) is 85.6 Å². The maximum absolute atomic E-state index is 11.4. The van der Waals surface area contributed by atoms with Crippen LogP contribution in [0, 0.1) is 0 Å². The first kappa shape index (κ1) is 28.8. The molecule has 0 aromatic heterocycles. The van der Waals surface area contributed by atoms with Crippen LogP contribution in [0.5, 0.6) is 0 Å². The summed E-state index contributed by atoms with van der Waals surface area (Å²) in [7, 11) is -21.1. The Kier molecular flexibility index (Phi) is 9.90. The quantitative estimate of drug-likeness (QED) is 0.140. The molecule has 17 nitrogen and oxygen atoms in total. The highest BCUT2D eigenvalue weighted by Crippen LogP contribution is 2.56. The molecule has 0 aliphatic heterocycles. The molecule has 5 atom stereocenters. The summed E-state index contributed by atoms with van der Waals surface area (Å²) in [6.45, 7) is 2.82. The highest BCUT2D eigenvalue weighted by atomic mass is 31.2. The molecule has 21 heteroatoms. The van der Waals surface area contributed by atoms with Crippen molar-refractivity contribution in [3.05, 3.63) is 0 Å². The van der Waals surface area contributed by atoms with Crippen LogP contribution in [-0.2, 0) is 32.0 Å². The van der Waals surface area contributed by atoms with Gasteiger partial charge in [0, 0.05) is 6.42 Å².